The van der Waals surface area contributed by atoms with Crippen molar-refractivity contribution in [3.63, 3.8) is 0 Å². The van der Waals surface area contributed by atoms with Crippen molar-refractivity contribution in [2.45, 2.75) is 12.8 Å². The Balaban J connectivity index is 1.28. The molecule has 0 bridgehead atoms. The van der Waals surface area contributed by atoms with Crippen LogP contribution in [0.3, 0.4) is 0 Å². The summed E-state index contributed by atoms with van der Waals surface area (Å²) in [6.45, 7) is 0.696. The number of esters is 1. The molecule has 2 aliphatic rings. The lowest BCUT2D eigenvalue weighted by molar-refractivity contribution is -0.155. The minimum absolute atomic E-state index is 0.0413. The Morgan fingerprint density at radius 2 is 1.81 bits per heavy atom. The van der Waals surface area contributed by atoms with Gasteiger partial charge in [0.2, 0.25) is 5.91 Å². The highest BCUT2D eigenvalue weighted by atomic mass is 19.1. The van der Waals surface area contributed by atoms with Crippen LogP contribution in [0.1, 0.15) is 18.4 Å². The molecule has 6 nitrogen and oxygen atoms in total. The van der Waals surface area contributed by atoms with Crippen LogP contribution in [0.4, 0.5) is 10.1 Å². The summed E-state index contributed by atoms with van der Waals surface area (Å²) < 4.78 is 19.2. The molecule has 0 radical (unpaired) electrons. The lowest BCUT2D eigenvalue weighted by atomic mass is 10.00. The third-order valence-corrected chi connectivity index (χ3v) is 5.65. The number of benzene rings is 2. The number of amides is 2. The molecular formula is C24H23FN2O4. The van der Waals surface area contributed by atoms with Gasteiger partial charge in [-0.25, -0.2) is 4.39 Å². The van der Waals surface area contributed by atoms with Gasteiger partial charge >= 0.3 is 5.97 Å². The quantitative estimate of drug-likeness (QED) is 0.695. The second-order valence-electron chi connectivity index (χ2n) is 7.65. The Morgan fingerprint density at radius 3 is 2.52 bits per heavy atom. The number of anilines is 1. The van der Waals surface area contributed by atoms with Crippen LogP contribution in [0.2, 0.25) is 0 Å². The summed E-state index contributed by atoms with van der Waals surface area (Å²) in [6, 6.07) is 15.9. The maximum absolute atomic E-state index is 14.0. The molecule has 2 aliphatic heterocycles. The van der Waals surface area contributed by atoms with Gasteiger partial charge in [0.15, 0.2) is 6.61 Å². The summed E-state index contributed by atoms with van der Waals surface area (Å²) in [5.74, 6) is -2.46. The van der Waals surface area contributed by atoms with Crippen molar-refractivity contribution < 1.29 is 23.5 Å². The number of halogens is 1. The molecule has 2 aromatic carbocycles. The number of para-hydroxylation sites is 1. The van der Waals surface area contributed by atoms with E-state index in [1.807, 2.05) is 36.4 Å². The van der Waals surface area contributed by atoms with E-state index in [0.29, 0.717) is 13.1 Å². The first-order valence-electron chi connectivity index (χ1n) is 10.3. The fourth-order valence-corrected chi connectivity index (χ4v) is 3.92. The number of ether oxygens (including phenoxy) is 1. The summed E-state index contributed by atoms with van der Waals surface area (Å²) in [5, 5.41) is 0. The molecule has 1 saturated heterocycles. The van der Waals surface area contributed by atoms with E-state index in [1.54, 1.807) is 11.0 Å². The molecule has 7 heteroatoms. The Hall–Kier alpha value is -3.48. The highest BCUT2D eigenvalue weighted by Gasteiger charge is 2.37. The zero-order chi connectivity index (χ0) is 21.8. The van der Waals surface area contributed by atoms with Crippen molar-refractivity contribution in [2.24, 2.45) is 5.92 Å². The van der Waals surface area contributed by atoms with Crippen LogP contribution in [-0.4, -0.2) is 48.9 Å². The minimum Gasteiger partial charge on any atom is -0.455 e. The predicted molar refractivity (Wildman–Crippen MR) is 113 cm³/mol. The van der Waals surface area contributed by atoms with Crippen molar-refractivity contribution >= 4 is 29.0 Å². The van der Waals surface area contributed by atoms with Crippen molar-refractivity contribution in [2.75, 3.05) is 31.1 Å². The monoisotopic (exact) mass is 422 g/mol. The van der Waals surface area contributed by atoms with Gasteiger partial charge in [-0.2, -0.15) is 0 Å². The molecule has 160 valence electrons. The molecule has 0 saturated carbocycles. The number of rotatable bonds is 5. The van der Waals surface area contributed by atoms with Gasteiger partial charge in [-0.3, -0.25) is 14.4 Å². The van der Waals surface area contributed by atoms with E-state index in [4.69, 9.17) is 4.74 Å². The van der Waals surface area contributed by atoms with Gasteiger partial charge in [0, 0.05) is 26.1 Å². The molecule has 0 aliphatic carbocycles. The normalized spacial score (nSPS) is 18.7. The van der Waals surface area contributed by atoms with E-state index in [0.717, 1.165) is 12.0 Å². The molecule has 1 atom stereocenters. The van der Waals surface area contributed by atoms with Gasteiger partial charge in [-0.15, -0.1) is 0 Å². The summed E-state index contributed by atoms with van der Waals surface area (Å²) in [5.41, 5.74) is 2.49. The summed E-state index contributed by atoms with van der Waals surface area (Å²) in [4.78, 5) is 40.0. The number of hydrogen-bond acceptors (Lipinski definition) is 4. The molecule has 2 heterocycles. The van der Waals surface area contributed by atoms with Gasteiger partial charge in [-0.1, -0.05) is 48.5 Å². The van der Waals surface area contributed by atoms with Crippen LogP contribution >= 0.6 is 0 Å². The minimum atomic E-state index is -0.717. The molecule has 31 heavy (non-hydrogen) atoms. The standard InChI is InChI=1S/C24H23FN2O4/c25-20-8-4-5-9-21(20)27-15-19(14-22(27)28)24(30)31-16-23(29)26-12-10-18(11-13-26)17-6-2-1-3-7-17/h1-10,19H,11-16H2/t19-/m1/s1. The van der Waals surface area contributed by atoms with Gasteiger partial charge < -0.3 is 14.5 Å². The molecule has 2 amide bonds. The fraction of sp³-hybridized carbons (Fsp3) is 0.292. The van der Waals surface area contributed by atoms with Gasteiger partial charge in [0.05, 0.1) is 11.6 Å². The lowest BCUT2D eigenvalue weighted by Gasteiger charge is -2.26. The van der Waals surface area contributed by atoms with Crippen LogP contribution < -0.4 is 4.90 Å². The SMILES string of the molecule is O=C(OCC(=O)N1CC=C(c2ccccc2)CC1)[C@@H]1CC(=O)N(c2ccccc2F)C1. The van der Waals surface area contributed by atoms with E-state index in [9.17, 15) is 18.8 Å². The first-order chi connectivity index (χ1) is 15.0. The Labute approximate surface area is 179 Å². The van der Waals surface area contributed by atoms with Crippen molar-refractivity contribution in [1.29, 1.82) is 0 Å². The summed E-state index contributed by atoms with van der Waals surface area (Å²) >= 11 is 0. The number of carbonyl (C=O) groups is 3. The Bertz CT molecular complexity index is 1020. The van der Waals surface area contributed by atoms with E-state index >= 15 is 0 Å². The third-order valence-electron chi connectivity index (χ3n) is 5.65. The van der Waals surface area contributed by atoms with Crippen molar-refractivity contribution in [3.05, 3.63) is 72.1 Å². The highest BCUT2D eigenvalue weighted by molar-refractivity contribution is 5.99. The topological polar surface area (TPSA) is 66.9 Å². The zero-order valence-electron chi connectivity index (χ0n) is 17.0. The van der Waals surface area contributed by atoms with Crippen molar-refractivity contribution in [1.82, 2.24) is 4.90 Å². The smallest absolute Gasteiger partial charge is 0.311 e. The largest absolute Gasteiger partial charge is 0.455 e. The second-order valence-corrected chi connectivity index (χ2v) is 7.65. The van der Waals surface area contributed by atoms with Gasteiger partial charge in [0.25, 0.3) is 5.91 Å². The Kier molecular flexibility index (Phi) is 6.11. The first-order valence-corrected chi connectivity index (χ1v) is 10.3. The van der Waals surface area contributed by atoms with Crippen LogP contribution in [-0.2, 0) is 19.1 Å². The average Bonchev–Trinajstić information content (AvgIpc) is 3.19. The summed E-state index contributed by atoms with van der Waals surface area (Å²) in [6.07, 6.45) is 2.69. The van der Waals surface area contributed by atoms with Gasteiger partial charge in [-0.05, 0) is 29.7 Å². The van der Waals surface area contributed by atoms with E-state index in [1.165, 1.54) is 28.7 Å². The Morgan fingerprint density at radius 1 is 1.06 bits per heavy atom. The molecule has 0 aromatic heterocycles. The fourth-order valence-electron chi connectivity index (χ4n) is 3.92. The van der Waals surface area contributed by atoms with Crippen molar-refractivity contribution in [3.8, 4) is 0 Å². The zero-order valence-corrected chi connectivity index (χ0v) is 17.0. The number of nitrogens with zero attached hydrogens (tertiary/aromatic N) is 2. The van der Waals surface area contributed by atoms with E-state index in [2.05, 4.69) is 0 Å². The van der Waals surface area contributed by atoms with Gasteiger partial charge in [0.1, 0.15) is 5.82 Å². The second kappa shape index (κ2) is 9.12. The molecule has 0 N–H and O–H groups in total. The molecule has 1 fully saturated rings. The summed E-state index contributed by atoms with van der Waals surface area (Å²) in [7, 11) is 0. The molecule has 0 spiro atoms. The maximum Gasteiger partial charge on any atom is 0.311 e. The number of hydrogen-bond donors (Lipinski definition) is 0. The van der Waals surface area contributed by atoms with Crippen LogP contribution in [0.25, 0.3) is 5.57 Å². The lowest BCUT2D eigenvalue weighted by Crippen LogP contribution is -2.38. The predicted octanol–water partition coefficient (Wildman–Crippen LogP) is 3.04. The van der Waals surface area contributed by atoms with E-state index in [-0.39, 0.29) is 37.1 Å². The number of carbonyl (C=O) groups excluding carboxylic acids is 3. The molecular weight excluding hydrogens is 399 g/mol. The van der Waals surface area contributed by atoms with Crippen LogP contribution in [0, 0.1) is 11.7 Å². The van der Waals surface area contributed by atoms with Crippen LogP contribution in [0.5, 0.6) is 0 Å². The molecule has 4 rings (SSSR count). The molecule has 0 unspecified atom stereocenters. The average molecular weight is 422 g/mol. The third kappa shape index (κ3) is 4.66. The highest BCUT2D eigenvalue weighted by Crippen LogP contribution is 2.28. The maximum atomic E-state index is 14.0. The van der Waals surface area contributed by atoms with Crippen LogP contribution in [0.15, 0.2) is 60.7 Å². The first kappa shape index (κ1) is 20.8. The molecule has 2 aromatic rings. The van der Waals surface area contributed by atoms with E-state index < -0.39 is 17.7 Å².